The highest BCUT2D eigenvalue weighted by Crippen LogP contribution is 2.37. The molecule has 3 aromatic rings. The maximum absolute atomic E-state index is 12.0. The van der Waals surface area contributed by atoms with Crippen molar-refractivity contribution < 1.29 is 19.2 Å². The van der Waals surface area contributed by atoms with Crippen molar-refractivity contribution in [2.45, 2.75) is 19.8 Å². The van der Waals surface area contributed by atoms with Crippen LogP contribution < -0.4 is 9.64 Å². The van der Waals surface area contributed by atoms with Crippen molar-refractivity contribution in [3.63, 3.8) is 0 Å². The number of anilines is 1. The van der Waals surface area contributed by atoms with E-state index < -0.39 is 4.92 Å². The number of esters is 1. The van der Waals surface area contributed by atoms with Gasteiger partial charge in [-0.05, 0) is 55.6 Å². The molecule has 166 valence electrons. The van der Waals surface area contributed by atoms with Crippen LogP contribution in [-0.2, 0) is 9.53 Å². The molecule has 2 aromatic heterocycles. The number of aromatic nitrogens is 4. The van der Waals surface area contributed by atoms with Gasteiger partial charge < -0.3 is 14.4 Å². The molecule has 3 heterocycles. The minimum absolute atomic E-state index is 0.143. The summed E-state index contributed by atoms with van der Waals surface area (Å²) in [4.78, 5) is 33.2. The summed E-state index contributed by atoms with van der Waals surface area (Å²) < 4.78 is 14.7. The van der Waals surface area contributed by atoms with Gasteiger partial charge in [-0.15, -0.1) is 5.10 Å². The second kappa shape index (κ2) is 9.64. The van der Waals surface area contributed by atoms with Crippen molar-refractivity contribution in [1.82, 2.24) is 19.6 Å². The zero-order chi connectivity index (χ0) is 22.5. The lowest BCUT2D eigenvalue weighted by Gasteiger charge is -2.31. The Balaban J connectivity index is 1.53. The van der Waals surface area contributed by atoms with Crippen LogP contribution in [0.15, 0.2) is 36.0 Å². The van der Waals surface area contributed by atoms with Gasteiger partial charge in [0.2, 0.25) is 5.82 Å². The number of hydrogen-bond donors (Lipinski definition) is 0. The highest BCUT2D eigenvalue weighted by atomic mass is 32.1. The maximum atomic E-state index is 12.0. The summed E-state index contributed by atoms with van der Waals surface area (Å²) in [6.07, 6.45) is 2.30. The molecule has 0 aliphatic carbocycles. The number of ether oxygens (including phenoxy) is 2. The normalized spacial score (nSPS) is 14.2. The largest absolute Gasteiger partial charge is 0.466 e. The molecule has 1 aromatic carbocycles. The molecule has 0 unspecified atom stereocenters. The van der Waals surface area contributed by atoms with E-state index in [2.05, 4.69) is 19.6 Å². The average molecular weight is 456 g/mol. The Hall–Kier alpha value is -3.67. The zero-order valence-corrected chi connectivity index (χ0v) is 18.0. The van der Waals surface area contributed by atoms with E-state index in [1.54, 1.807) is 36.1 Å². The molecule has 0 spiro atoms. The van der Waals surface area contributed by atoms with Gasteiger partial charge in [-0.1, -0.05) is 4.49 Å². The van der Waals surface area contributed by atoms with E-state index >= 15 is 0 Å². The molecule has 4 rings (SSSR count). The number of rotatable bonds is 7. The Kier molecular flexibility index (Phi) is 6.50. The van der Waals surface area contributed by atoms with Gasteiger partial charge in [0.15, 0.2) is 0 Å². The van der Waals surface area contributed by atoms with Crippen molar-refractivity contribution in [3.05, 3.63) is 46.1 Å². The number of hydrogen-bond acceptors (Lipinski definition) is 11. The Morgan fingerprint density at radius 1 is 1.25 bits per heavy atom. The Labute approximate surface area is 187 Å². The molecule has 0 N–H and O–H groups in total. The third-order valence-electron chi connectivity index (χ3n) is 5.09. The predicted octanol–water partition coefficient (Wildman–Crippen LogP) is 3.48. The number of carbonyl (C=O) groups excluding carboxylic acids is 1. The van der Waals surface area contributed by atoms with Gasteiger partial charge in [-0.3, -0.25) is 14.9 Å². The minimum atomic E-state index is -0.544. The maximum Gasteiger partial charge on any atom is 0.373 e. The summed E-state index contributed by atoms with van der Waals surface area (Å²) in [5.41, 5.74) is 1.28. The summed E-state index contributed by atoms with van der Waals surface area (Å²) in [7, 11) is 0. The van der Waals surface area contributed by atoms with Gasteiger partial charge >= 0.3 is 17.5 Å². The van der Waals surface area contributed by atoms with Crippen molar-refractivity contribution in [3.8, 4) is 22.9 Å². The van der Waals surface area contributed by atoms with E-state index in [1.165, 1.54) is 17.9 Å². The van der Waals surface area contributed by atoms with Crippen LogP contribution >= 0.6 is 11.5 Å². The van der Waals surface area contributed by atoms with Crippen LogP contribution in [0, 0.1) is 16.0 Å². The summed E-state index contributed by atoms with van der Waals surface area (Å²) in [5.74, 6) is -0.0201. The van der Waals surface area contributed by atoms with Gasteiger partial charge in [0.05, 0.1) is 17.4 Å². The Bertz CT molecular complexity index is 1080. The van der Waals surface area contributed by atoms with Gasteiger partial charge in [-0.2, -0.15) is 4.98 Å². The van der Waals surface area contributed by atoms with Crippen LogP contribution in [0.1, 0.15) is 19.8 Å². The summed E-state index contributed by atoms with van der Waals surface area (Å²) in [6.45, 7) is 2.98. The van der Waals surface area contributed by atoms with E-state index in [9.17, 15) is 14.9 Å². The van der Waals surface area contributed by atoms with Crippen molar-refractivity contribution in [2.75, 3.05) is 24.6 Å². The third-order valence-corrected chi connectivity index (χ3v) is 5.60. The van der Waals surface area contributed by atoms with Crippen molar-refractivity contribution in [2.24, 2.45) is 5.92 Å². The molecule has 1 fully saturated rings. The second-order valence-electron chi connectivity index (χ2n) is 7.04. The summed E-state index contributed by atoms with van der Waals surface area (Å²) in [5, 5.41) is 17.7. The minimum Gasteiger partial charge on any atom is -0.466 e. The van der Waals surface area contributed by atoms with Gasteiger partial charge in [0.25, 0.3) is 0 Å². The number of piperidine rings is 1. The SMILES string of the molecule is CCOC(=O)C1CCN(c2ncnc(Oc3ccc(-c4csnn4)cc3)c2[N+](=O)[O-])CC1. The lowest BCUT2D eigenvalue weighted by atomic mass is 9.97. The lowest BCUT2D eigenvalue weighted by Crippen LogP contribution is -2.37. The highest BCUT2D eigenvalue weighted by Gasteiger charge is 2.33. The van der Waals surface area contributed by atoms with E-state index in [0.29, 0.717) is 38.3 Å². The first-order chi connectivity index (χ1) is 15.6. The summed E-state index contributed by atoms with van der Waals surface area (Å²) in [6, 6.07) is 6.95. The van der Waals surface area contributed by atoms with Gasteiger partial charge in [0, 0.05) is 24.0 Å². The molecular weight excluding hydrogens is 436 g/mol. The monoisotopic (exact) mass is 456 g/mol. The van der Waals surface area contributed by atoms with E-state index in [0.717, 1.165) is 11.3 Å². The molecule has 0 saturated carbocycles. The first-order valence-corrected chi connectivity index (χ1v) is 10.9. The smallest absolute Gasteiger partial charge is 0.373 e. The molecule has 1 aliphatic heterocycles. The molecule has 0 bridgehead atoms. The van der Waals surface area contributed by atoms with E-state index in [-0.39, 0.29) is 29.3 Å². The Morgan fingerprint density at radius 2 is 2.00 bits per heavy atom. The van der Waals surface area contributed by atoms with Crippen LogP contribution in [0.2, 0.25) is 0 Å². The second-order valence-corrected chi connectivity index (χ2v) is 7.65. The van der Waals surface area contributed by atoms with Crippen LogP contribution in [0.5, 0.6) is 11.6 Å². The van der Waals surface area contributed by atoms with Crippen molar-refractivity contribution in [1.29, 1.82) is 0 Å². The molecule has 0 atom stereocenters. The van der Waals surface area contributed by atoms with Gasteiger partial charge in [-0.25, -0.2) is 4.98 Å². The fourth-order valence-corrected chi connectivity index (χ4v) is 3.97. The topological polar surface area (TPSA) is 133 Å². The van der Waals surface area contributed by atoms with Crippen LogP contribution in [0.3, 0.4) is 0 Å². The van der Waals surface area contributed by atoms with E-state index in [4.69, 9.17) is 9.47 Å². The average Bonchev–Trinajstić information content (AvgIpc) is 3.34. The molecule has 1 saturated heterocycles. The Morgan fingerprint density at radius 3 is 2.62 bits per heavy atom. The number of nitro groups is 1. The first kappa shape index (κ1) is 21.6. The molecule has 0 amide bonds. The summed E-state index contributed by atoms with van der Waals surface area (Å²) >= 11 is 1.25. The van der Waals surface area contributed by atoms with Crippen molar-refractivity contribution >= 4 is 29.0 Å². The van der Waals surface area contributed by atoms with Crippen LogP contribution in [0.25, 0.3) is 11.3 Å². The van der Waals surface area contributed by atoms with Crippen LogP contribution in [0.4, 0.5) is 11.5 Å². The zero-order valence-electron chi connectivity index (χ0n) is 17.2. The third kappa shape index (κ3) is 4.64. The predicted molar refractivity (Wildman–Crippen MR) is 116 cm³/mol. The first-order valence-electron chi connectivity index (χ1n) is 10.0. The molecule has 12 heteroatoms. The lowest BCUT2D eigenvalue weighted by molar-refractivity contribution is -0.385. The highest BCUT2D eigenvalue weighted by molar-refractivity contribution is 7.03. The van der Waals surface area contributed by atoms with Crippen LogP contribution in [-0.4, -0.2) is 50.1 Å². The fraction of sp³-hybridized carbons (Fsp3) is 0.350. The molecule has 1 aliphatic rings. The molecule has 11 nitrogen and oxygen atoms in total. The fourth-order valence-electron chi connectivity index (χ4n) is 3.50. The molecular formula is C20H20N6O5S. The van der Waals surface area contributed by atoms with Gasteiger partial charge in [0.1, 0.15) is 17.8 Å². The van der Waals surface area contributed by atoms with E-state index in [1.807, 2.05) is 5.38 Å². The number of carbonyl (C=O) groups is 1. The standard InChI is InChI=1S/C20H20N6O5S/c1-2-30-20(27)14-7-9-25(10-8-14)18-17(26(28)29)19(22-12-21-18)31-15-5-3-13(4-6-15)16-11-32-24-23-16/h3-6,11-12,14H,2,7-10H2,1H3. The number of benzene rings is 1. The molecule has 0 radical (unpaired) electrons. The number of nitrogens with zero attached hydrogens (tertiary/aromatic N) is 6. The quantitative estimate of drug-likeness (QED) is 0.295. The molecule has 32 heavy (non-hydrogen) atoms.